The molecule has 2 aromatic rings. The average Bonchev–Trinajstić information content (AvgIpc) is 2.85. The van der Waals surface area contributed by atoms with E-state index in [1.54, 1.807) is 31.3 Å². The third-order valence-corrected chi connectivity index (χ3v) is 2.34. The molecule has 98 valence electrons. The van der Waals surface area contributed by atoms with E-state index < -0.39 is 11.8 Å². The molecule has 2 rings (SSSR count). The lowest BCUT2D eigenvalue weighted by Gasteiger charge is -2.04. The summed E-state index contributed by atoms with van der Waals surface area (Å²) >= 11 is 0. The smallest absolute Gasteiger partial charge is 0.313 e. The number of carbonyl (C=O) groups excluding carboxylic acids is 2. The molecule has 0 saturated heterocycles. The topological polar surface area (TPSA) is 102 Å². The molecular formula is C11H12N6O2. The third kappa shape index (κ3) is 2.92. The van der Waals surface area contributed by atoms with E-state index in [9.17, 15) is 9.59 Å². The van der Waals surface area contributed by atoms with Crippen LogP contribution >= 0.6 is 0 Å². The van der Waals surface area contributed by atoms with Crippen LogP contribution in [0.1, 0.15) is 0 Å². The Kier molecular flexibility index (Phi) is 3.51. The van der Waals surface area contributed by atoms with Gasteiger partial charge in [-0.05, 0) is 29.5 Å². The normalized spacial score (nSPS) is 10.0. The summed E-state index contributed by atoms with van der Waals surface area (Å²) in [6, 6.07) is 6.78. The molecule has 2 amide bonds. The first kappa shape index (κ1) is 12.7. The number of nitrogens with one attached hydrogen (secondary N) is 2. The van der Waals surface area contributed by atoms with Gasteiger partial charge in [-0.25, -0.2) is 0 Å². The van der Waals surface area contributed by atoms with Crippen LogP contribution in [0, 0.1) is 0 Å². The molecule has 0 unspecified atom stereocenters. The van der Waals surface area contributed by atoms with Crippen LogP contribution in [-0.2, 0) is 16.6 Å². The van der Waals surface area contributed by atoms with Crippen molar-refractivity contribution in [3.8, 4) is 11.4 Å². The van der Waals surface area contributed by atoms with Crippen molar-refractivity contribution >= 4 is 17.5 Å². The Morgan fingerprint density at radius 2 is 1.84 bits per heavy atom. The molecule has 1 aromatic carbocycles. The number of likely N-dealkylation sites (N-methyl/N-ethyl adjacent to an activating group) is 1. The highest BCUT2D eigenvalue weighted by Crippen LogP contribution is 2.16. The van der Waals surface area contributed by atoms with Gasteiger partial charge in [-0.1, -0.05) is 0 Å². The Hall–Kier alpha value is -2.77. The van der Waals surface area contributed by atoms with Crippen molar-refractivity contribution < 1.29 is 9.59 Å². The quantitative estimate of drug-likeness (QED) is 0.713. The Morgan fingerprint density at radius 3 is 2.37 bits per heavy atom. The molecule has 0 atom stereocenters. The molecule has 0 fully saturated rings. The summed E-state index contributed by atoms with van der Waals surface area (Å²) in [5.41, 5.74) is 1.28. The fourth-order valence-corrected chi connectivity index (χ4v) is 1.40. The highest BCUT2D eigenvalue weighted by Gasteiger charge is 2.11. The fourth-order valence-electron chi connectivity index (χ4n) is 1.40. The predicted molar refractivity (Wildman–Crippen MR) is 66.9 cm³/mol. The van der Waals surface area contributed by atoms with Gasteiger partial charge in [0.05, 0.1) is 7.05 Å². The van der Waals surface area contributed by atoms with Gasteiger partial charge in [0.25, 0.3) is 0 Å². The van der Waals surface area contributed by atoms with Crippen LogP contribution in [0.5, 0.6) is 0 Å². The zero-order valence-electron chi connectivity index (χ0n) is 10.4. The first-order valence-electron chi connectivity index (χ1n) is 5.47. The van der Waals surface area contributed by atoms with E-state index in [2.05, 4.69) is 26.0 Å². The minimum absolute atomic E-state index is 0.492. The number of aromatic nitrogens is 4. The van der Waals surface area contributed by atoms with Crippen LogP contribution < -0.4 is 10.6 Å². The molecular weight excluding hydrogens is 248 g/mol. The van der Waals surface area contributed by atoms with Crippen molar-refractivity contribution in [3.63, 3.8) is 0 Å². The van der Waals surface area contributed by atoms with E-state index in [4.69, 9.17) is 0 Å². The standard InChI is InChI=1S/C11H12N6O2/c1-12-10(18)11(19)13-8-5-3-7(4-6-8)9-14-16-17(2)15-9/h3-6H,1-2H3,(H,12,18)(H,13,19). The molecule has 1 heterocycles. The Labute approximate surface area is 108 Å². The lowest BCUT2D eigenvalue weighted by Crippen LogP contribution is -2.32. The summed E-state index contributed by atoms with van der Waals surface area (Å²) < 4.78 is 0. The van der Waals surface area contributed by atoms with Crippen molar-refractivity contribution in [2.75, 3.05) is 12.4 Å². The molecule has 0 bridgehead atoms. The maximum absolute atomic E-state index is 11.3. The minimum Gasteiger partial charge on any atom is -0.351 e. The van der Waals surface area contributed by atoms with Gasteiger partial charge in [-0.2, -0.15) is 4.80 Å². The Morgan fingerprint density at radius 1 is 1.16 bits per heavy atom. The summed E-state index contributed by atoms with van der Waals surface area (Å²) in [5.74, 6) is -0.917. The van der Waals surface area contributed by atoms with Crippen LogP contribution in [0.15, 0.2) is 24.3 Å². The van der Waals surface area contributed by atoms with Gasteiger partial charge in [0, 0.05) is 18.3 Å². The Balaban J connectivity index is 2.11. The second-order valence-corrected chi connectivity index (χ2v) is 3.71. The molecule has 19 heavy (non-hydrogen) atoms. The number of anilines is 1. The van der Waals surface area contributed by atoms with Crippen LogP contribution in [-0.4, -0.2) is 39.1 Å². The molecule has 8 nitrogen and oxygen atoms in total. The van der Waals surface area contributed by atoms with Gasteiger partial charge < -0.3 is 10.6 Å². The van der Waals surface area contributed by atoms with Crippen molar-refractivity contribution in [1.82, 2.24) is 25.5 Å². The minimum atomic E-state index is -0.715. The van der Waals surface area contributed by atoms with Crippen molar-refractivity contribution in [1.29, 1.82) is 0 Å². The number of rotatable bonds is 2. The summed E-state index contributed by atoms with van der Waals surface area (Å²) in [6.07, 6.45) is 0. The highest BCUT2D eigenvalue weighted by molar-refractivity contribution is 6.39. The SMILES string of the molecule is CNC(=O)C(=O)Nc1ccc(-c2nnn(C)n2)cc1. The molecule has 0 aliphatic rings. The molecule has 0 radical (unpaired) electrons. The number of benzene rings is 1. The number of amides is 2. The summed E-state index contributed by atoms with van der Waals surface area (Å²) in [7, 11) is 3.07. The van der Waals surface area contributed by atoms with E-state index in [1.807, 2.05) is 0 Å². The number of aryl methyl sites for hydroxylation is 1. The van der Waals surface area contributed by atoms with Crippen molar-refractivity contribution in [2.45, 2.75) is 0 Å². The average molecular weight is 260 g/mol. The fraction of sp³-hybridized carbons (Fsp3) is 0.182. The predicted octanol–water partition coefficient (Wildman–Crippen LogP) is -0.438. The molecule has 1 aromatic heterocycles. The monoisotopic (exact) mass is 260 g/mol. The molecule has 8 heteroatoms. The van der Waals surface area contributed by atoms with Crippen molar-refractivity contribution in [2.24, 2.45) is 7.05 Å². The Bertz CT molecular complexity index is 604. The molecule has 0 saturated carbocycles. The molecule has 2 N–H and O–H groups in total. The van der Waals surface area contributed by atoms with Gasteiger partial charge in [-0.15, -0.1) is 10.2 Å². The van der Waals surface area contributed by atoms with Crippen LogP contribution in [0.3, 0.4) is 0 Å². The summed E-state index contributed by atoms with van der Waals surface area (Å²) in [4.78, 5) is 23.8. The van der Waals surface area contributed by atoms with Gasteiger partial charge >= 0.3 is 11.8 Å². The summed E-state index contributed by atoms with van der Waals surface area (Å²) in [5, 5.41) is 16.4. The van der Waals surface area contributed by atoms with E-state index >= 15 is 0 Å². The van der Waals surface area contributed by atoms with E-state index in [0.29, 0.717) is 11.5 Å². The largest absolute Gasteiger partial charge is 0.351 e. The van der Waals surface area contributed by atoms with Crippen LogP contribution in [0.25, 0.3) is 11.4 Å². The number of hydrogen-bond donors (Lipinski definition) is 2. The lowest BCUT2D eigenvalue weighted by atomic mass is 10.2. The molecule has 0 spiro atoms. The first-order chi connectivity index (χ1) is 9.10. The third-order valence-electron chi connectivity index (χ3n) is 2.34. The van der Waals surface area contributed by atoms with Crippen LogP contribution in [0.2, 0.25) is 0 Å². The maximum atomic E-state index is 11.3. The van der Waals surface area contributed by atoms with E-state index in [-0.39, 0.29) is 0 Å². The van der Waals surface area contributed by atoms with E-state index in [0.717, 1.165) is 5.56 Å². The molecule has 0 aliphatic heterocycles. The number of tetrazole rings is 1. The lowest BCUT2D eigenvalue weighted by molar-refractivity contribution is -0.135. The van der Waals surface area contributed by atoms with Gasteiger partial charge in [-0.3, -0.25) is 9.59 Å². The zero-order valence-corrected chi connectivity index (χ0v) is 10.4. The van der Waals surface area contributed by atoms with Crippen LogP contribution in [0.4, 0.5) is 5.69 Å². The van der Waals surface area contributed by atoms with Gasteiger partial charge in [0.1, 0.15) is 0 Å². The van der Waals surface area contributed by atoms with Crippen molar-refractivity contribution in [3.05, 3.63) is 24.3 Å². The zero-order chi connectivity index (χ0) is 13.8. The second kappa shape index (κ2) is 5.25. The number of carbonyl (C=O) groups is 2. The second-order valence-electron chi connectivity index (χ2n) is 3.71. The number of nitrogens with zero attached hydrogens (tertiary/aromatic N) is 4. The molecule has 0 aliphatic carbocycles. The van der Waals surface area contributed by atoms with E-state index in [1.165, 1.54) is 11.8 Å². The highest BCUT2D eigenvalue weighted by atomic mass is 16.2. The maximum Gasteiger partial charge on any atom is 0.313 e. The first-order valence-corrected chi connectivity index (χ1v) is 5.47. The van der Waals surface area contributed by atoms with Gasteiger partial charge in [0.2, 0.25) is 5.82 Å². The number of hydrogen-bond acceptors (Lipinski definition) is 5. The summed E-state index contributed by atoms with van der Waals surface area (Å²) in [6.45, 7) is 0. The van der Waals surface area contributed by atoms with Gasteiger partial charge in [0.15, 0.2) is 0 Å².